The van der Waals surface area contributed by atoms with Crippen LogP contribution >= 0.6 is 11.3 Å². The highest BCUT2D eigenvalue weighted by molar-refractivity contribution is 7.09. The molecule has 2 heterocycles. The van der Waals surface area contributed by atoms with Gasteiger partial charge in [0, 0.05) is 16.5 Å². The summed E-state index contributed by atoms with van der Waals surface area (Å²) < 4.78 is 0. The van der Waals surface area contributed by atoms with Crippen LogP contribution in [0.5, 0.6) is 0 Å². The largest absolute Gasteiger partial charge is 0.347 e. The minimum atomic E-state index is -0.151. The number of aromatic nitrogens is 1. The molecule has 6 heteroatoms. The Labute approximate surface area is 172 Å². The molecule has 5 nitrogen and oxygen atoms in total. The SMILES string of the molecule is Cc1ccc(-c2csc(C[NH+]3CC[NH+](CC(=O)NC(C)(C)C)CC3)n2)cc1C. The lowest BCUT2D eigenvalue weighted by atomic mass is 10.1. The van der Waals surface area contributed by atoms with E-state index in [9.17, 15) is 4.79 Å². The highest BCUT2D eigenvalue weighted by Crippen LogP contribution is 2.23. The molecular formula is C22H34N4OS+2. The van der Waals surface area contributed by atoms with E-state index in [1.165, 1.54) is 26.6 Å². The van der Waals surface area contributed by atoms with Gasteiger partial charge >= 0.3 is 0 Å². The summed E-state index contributed by atoms with van der Waals surface area (Å²) in [6.07, 6.45) is 0. The molecule has 3 N–H and O–H groups in total. The van der Waals surface area contributed by atoms with Gasteiger partial charge in [0.2, 0.25) is 0 Å². The average molecular weight is 403 g/mol. The lowest BCUT2D eigenvalue weighted by Gasteiger charge is -2.29. The van der Waals surface area contributed by atoms with E-state index in [2.05, 4.69) is 42.7 Å². The van der Waals surface area contributed by atoms with Crippen LogP contribution < -0.4 is 15.1 Å². The summed E-state index contributed by atoms with van der Waals surface area (Å²) in [5.74, 6) is 0.156. The number of hydrogen-bond donors (Lipinski definition) is 3. The number of nitrogens with zero attached hydrogens (tertiary/aromatic N) is 1. The van der Waals surface area contributed by atoms with Crippen LogP contribution in [0.25, 0.3) is 11.3 Å². The molecule has 1 aromatic carbocycles. The van der Waals surface area contributed by atoms with Crippen LogP contribution in [0.3, 0.4) is 0 Å². The van der Waals surface area contributed by atoms with Gasteiger partial charge in [-0.25, -0.2) is 4.98 Å². The van der Waals surface area contributed by atoms with E-state index >= 15 is 0 Å². The molecule has 1 amide bonds. The number of amides is 1. The summed E-state index contributed by atoms with van der Waals surface area (Å²) in [5, 5.41) is 6.45. The highest BCUT2D eigenvalue weighted by atomic mass is 32.1. The van der Waals surface area contributed by atoms with E-state index in [0.29, 0.717) is 6.54 Å². The van der Waals surface area contributed by atoms with Crippen molar-refractivity contribution in [3.63, 3.8) is 0 Å². The van der Waals surface area contributed by atoms with Crippen LogP contribution in [-0.4, -0.2) is 49.2 Å². The molecule has 152 valence electrons. The fourth-order valence-electron chi connectivity index (χ4n) is 3.64. The third kappa shape index (κ3) is 5.87. The zero-order valence-corrected chi connectivity index (χ0v) is 18.6. The zero-order valence-electron chi connectivity index (χ0n) is 17.8. The molecule has 28 heavy (non-hydrogen) atoms. The summed E-state index contributed by atoms with van der Waals surface area (Å²) in [4.78, 5) is 20.0. The molecule has 1 saturated heterocycles. The molecule has 0 atom stereocenters. The molecule has 3 rings (SSSR count). The third-order valence-electron chi connectivity index (χ3n) is 5.34. The summed E-state index contributed by atoms with van der Waals surface area (Å²) >= 11 is 1.76. The Bertz CT molecular complexity index is 816. The van der Waals surface area contributed by atoms with E-state index in [0.717, 1.165) is 38.4 Å². The van der Waals surface area contributed by atoms with Gasteiger partial charge in [-0.05, 0) is 51.8 Å². The molecule has 0 aliphatic carbocycles. The Kier molecular flexibility index (Phi) is 6.53. The first kappa shape index (κ1) is 21.0. The van der Waals surface area contributed by atoms with Gasteiger partial charge in [-0.1, -0.05) is 12.1 Å². The molecule has 1 aliphatic heterocycles. The van der Waals surface area contributed by atoms with Crippen LogP contribution in [0.2, 0.25) is 0 Å². The number of rotatable bonds is 5. The Hall–Kier alpha value is -1.76. The topological polar surface area (TPSA) is 50.9 Å². The van der Waals surface area contributed by atoms with Crippen molar-refractivity contribution in [2.75, 3.05) is 32.7 Å². The molecule has 0 bridgehead atoms. The number of nitrogens with one attached hydrogen (secondary N) is 3. The second-order valence-corrected chi connectivity index (χ2v) is 10.0. The number of thiazole rings is 1. The lowest BCUT2D eigenvalue weighted by molar-refractivity contribution is -1.02. The average Bonchev–Trinajstić information content (AvgIpc) is 3.06. The molecule has 0 radical (unpaired) electrons. The summed E-state index contributed by atoms with van der Waals surface area (Å²) in [7, 11) is 0. The predicted molar refractivity (Wildman–Crippen MR) is 115 cm³/mol. The number of quaternary nitrogens is 2. The first-order valence-corrected chi connectivity index (χ1v) is 11.1. The molecule has 1 aromatic heterocycles. The standard InChI is InChI=1S/C22H32N4OS/c1-16-6-7-18(12-17(16)2)19-15-28-21(23-19)14-26-10-8-25(9-11-26)13-20(27)24-22(3,4)5/h6-7,12,15H,8-11,13-14H2,1-5H3,(H,24,27)/p+2. The Morgan fingerprint density at radius 1 is 1.11 bits per heavy atom. The summed E-state index contributed by atoms with van der Waals surface area (Å²) in [5.41, 5.74) is 4.78. The minimum absolute atomic E-state index is 0.151. The fraction of sp³-hybridized carbons (Fsp3) is 0.545. The Morgan fingerprint density at radius 3 is 2.43 bits per heavy atom. The Morgan fingerprint density at radius 2 is 1.79 bits per heavy atom. The maximum Gasteiger partial charge on any atom is 0.275 e. The number of carbonyl (C=O) groups is 1. The number of aryl methyl sites for hydroxylation is 2. The van der Waals surface area contributed by atoms with Gasteiger partial charge in [-0.15, -0.1) is 11.3 Å². The first-order valence-electron chi connectivity index (χ1n) is 10.2. The van der Waals surface area contributed by atoms with Crippen molar-refractivity contribution in [1.82, 2.24) is 10.3 Å². The van der Waals surface area contributed by atoms with Gasteiger partial charge < -0.3 is 15.1 Å². The van der Waals surface area contributed by atoms with Crippen molar-refractivity contribution in [2.45, 2.75) is 46.7 Å². The Balaban J connectivity index is 1.49. The highest BCUT2D eigenvalue weighted by Gasteiger charge is 2.26. The number of benzene rings is 1. The van der Waals surface area contributed by atoms with Crippen molar-refractivity contribution < 1.29 is 14.6 Å². The van der Waals surface area contributed by atoms with E-state index in [-0.39, 0.29) is 11.4 Å². The molecular weight excluding hydrogens is 368 g/mol. The summed E-state index contributed by atoms with van der Waals surface area (Å²) in [6.45, 7) is 16.2. The second kappa shape index (κ2) is 8.72. The van der Waals surface area contributed by atoms with E-state index in [4.69, 9.17) is 4.98 Å². The van der Waals surface area contributed by atoms with Crippen molar-refractivity contribution in [3.05, 3.63) is 39.7 Å². The maximum atomic E-state index is 12.1. The fourth-order valence-corrected chi connectivity index (χ4v) is 4.51. The van der Waals surface area contributed by atoms with Crippen LogP contribution in [0.1, 0.15) is 36.9 Å². The number of carbonyl (C=O) groups excluding carboxylic acids is 1. The molecule has 1 fully saturated rings. The minimum Gasteiger partial charge on any atom is -0.347 e. The van der Waals surface area contributed by atoms with Gasteiger partial charge in [0.25, 0.3) is 5.91 Å². The van der Waals surface area contributed by atoms with Crippen molar-refractivity contribution in [2.24, 2.45) is 0 Å². The molecule has 0 spiro atoms. The van der Waals surface area contributed by atoms with Crippen molar-refractivity contribution in [3.8, 4) is 11.3 Å². The van der Waals surface area contributed by atoms with Crippen LogP contribution in [0, 0.1) is 13.8 Å². The van der Waals surface area contributed by atoms with Gasteiger partial charge in [0.15, 0.2) is 6.54 Å². The quantitative estimate of drug-likeness (QED) is 0.687. The normalized spacial score (nSPS) is 20.2. The van der Waals surface area contributed by atoms with E-state index in [1.54, 1.807) is 16.2 Å². The summed E-state index contributed by atoms with van der Waals surface area (Å²) in [6, 6.07) is 6.57. The van der Waals surface area contributed by atoms with Crippen molar-refractivity contribution >= 4 is 17.2 Å². The monoisotopic (exact) mass is 402 g/mol. The molecule has 0 saturated carbocycles. The molecule has 2 aromatic rings. The van der Waals surface area contributed by atoms with Crippen molar-refractivity contribution in [1.29, 1.82) is 0 Å². The van der Waals surface area contributed by atoms with Gasteiger partial charge in [0.05, 0.1) is 5.69 Å². The molecule has 0 unspecified atom stereocenters. The van der Waals surface area contributed by atoms with Crippen LogP contribution in [-0.2, 0) is 11.3 Å². The smallest absolute Gasteiger partial charge is 0.275 e. The second-order valence-electron chi connectivity index (χ2n) is 9.08. The third-order valence-corrected chi connectivity index (χ3v) is 6.19. The number of piperazine rings is 1. The van der Waals surface area contributed by atoms with E-state index < -0.39 is 0 Å². The van der Waals surface area contributed by atoms with Gasteiger partial charge in [-0.2, -0.15) is 0 Å². The van der Waals surface area contributed by atoms with E-state index in [1.807, 2.05) is 20.8 Å². The van der Waals surface area contributed by atoms with Gasteiger partial charge in [0.1, 0.15) is 37.7 Å². The maximum absolute atomic E-state index is 12.1. The lowest BCUT2D eigenvalue weighted by Crippen LogP contribution is -3.28. The number of hydrogen-bond acceptors (Lipinski definition) is 3. The predicted octanol–water partition coefficient (Wildman–Crippen LogP) is 0.625. The van der Waals surface area contributed by atoms with Gasteiger partial charge in [-0.3, -0.25) is 4.79 Å². The van der Waals surface area contributed by atoms with Crippen LogP contribution in [0.4, 0.5) is 0 Å². The first-order chi connectivity index (χ1) is 13.2. The zero-order chi connectivity index (χ0) is 20.3. The van der Waals surface area contributed by atoms with Crippen LogP contribution in [0.15, 0.2) is 23.6 Å². The molecule has 1 aliphatic rings.